The lowest BCUT2D eigenvalue weighted by atomic mass is 10.1. The number of nitrogen functional groups attached to an aromatic ring is 1. The Morgan fingerprint density at radius 2 is 1.89 bits per heavy atom. The van der Waals surface area contributed by atoms with Crippen LogP contribution in [0.1, 0.15) is 34.8 Å². The molecule has 1 fully saturated rings. The second-order valence-corrected chi connectivity index (χ2v) is 8.86. The van der Waals surface area contributed by atoms with E-state index in [4.69, 9.17) is 11.1 Å². The SMILES string of the molecule is CN1CCC(n2cc(NC(=O)c3ccc(N4C=C(C(=N)c5ccccc5N)NN4)cc3)cn2)CC1. The molecule has 10 heteroatoms. The number of nitrogens with zero attached hydrogens (tertiary/aromatic N) is 4. The van der Waals surface area contributed by atoms with Crippen molar-refractivity contribution in [3.8, 4) is 0 Å². The predicted octanol–water partition coefficient (Wildman–Crippen LogP) is 2.72. The Balaban J connectivity index is 1.21. The summed E-state index contributed by atoms with van der Waals surface area (Å²) in [7, 11) is 2.13. The molecule has 35 heavy (non-hydrogen) atoms. The third kappa shape index (κ3) is 4.88. The number of hydrogen-bond donors (Lipinski definition) is 5. The molecule has 180 valence electrons. The molecule has 2 aromatic carbocycles. The second kappa shape index (κ2) is 9.61. The first kappa shape index (κ1) is 22.6. The van der Waals surface area contributed by atoms with Gasteiger partial charge in [-0.25, -0.2) is 0 Å². The lowest BCUT2D eigenvalue weighted by molar-refractivity contribution is 0.102. The number of para-hydroxylation sites is 1. The maximum atomic E-state index is 12.8. The molecule has 0 radical (unpaired) electrons. The normalized spacial score (nSPS) is 16.6. The minimum absolute atomic E-state index is 0.190. The van der Waals surface area contributed by atoms with Gasteiger partial charge in [-0.2, -0.15) is 5.10 Å². The molecule has 3 aromatic rings. The fraction of sp³-hybridized carbons (Fsp3) is 0.240. The van der Waals surface area contributed by atoms with Crippen molar-refractivity contribution in [2.45, 2.75) is 18.9 Å². The highest BCUT2D eigenvalue weighted by molar-refractivity contribution is 6.13. The van der Waals surface area contributed by atoms with Crippen molar-refractivity contribution in [3.63, 3.8) is 0 Å². The number of rotatable bonds is 6. The highest BCUT2D eigenvalue weighted by atomic mass is 16.1. The topological polar surface area (TPSA) is 127 Å². The van der Waals surface area contributed by atoms with Crippen LogP contribution >= 0.6 is 0 Å². The lowest BCUT2D eigenvalue weighted by Crippen LogP contribution is -2.37. The molecule has 1 amide bonds. The number of allylic oxidation sites excluding steroid dienone is 1. The number of likely N-dealkylation sites (tertiary alicyclic amines) is 1. The summed E-state index contributed by atoms with van der Waals surface area (Å²) in [5.41, 5.74) is 16.1. The van der Waals surface area contributed by atoms with E-state index in [9.17, 15) is 4.79 Å². The minimum atomic E-state index is -0.190. The van der Waals surface area contributed by atoms with Crippen molar-refractivity contribution in [1.82, 2.24) is 25.6 Å². The van der Waals surface area contributed by atoms with E-state index in [1.165, 1.54) is 0 Å². The summed E-state index contributed by atoms with van der Waals surface area (Å²) in [5, 5.41) is 17.6. The molecule has 10 nitrogen and oxygen atoms in total. The van der Waals surface area contributed by atoms with Gasteiger partial charge in [0.25, 0.3) is 5.91 Å². The summed E-state index contributed by atoms with van der Waals surface area (Å²) in [6.45, 7) is 2.11. The van der Waals surface area contributed by atoms with Crippen LogP contribution < -0.4 is 27.0 Å². The smallest absolute Gasteiger partial charge is 0.255 e. The van der Waals surface area contributed by atoms with E-state index in [1.54, 1.807) is 35.6 Å². The average Bonchev–Trinajstić information content (AvgIpc) is 3.55. The highest BCUT2D eigenvalue weighted by Crippen LogP contribution is 2.23. The molecule has 1 saturated heterocycles. The second-order valence-electron chi connectivity index (χ2n) is 8.86. The van der Waals surface area contributed by atoms with Crippen molar-refractivity contribution >= 4 is 28.7 Å². The molecule has 3 heterocycles. The number of anilines is 3. The molecule has 5 rings (SSSR count). The molecular weight excluding hydrogens is 442 g/mol. The third-order valence-corrected chi connectivity index (χ3v) is 6.40. The zero-order chi connectivity index (χ0) is 24.4. The van der Waals surface area contributed by atoms with Gasteiger partial charge >= 0.3 is 0 Å². The Bertz CT molecular complexity index is 1260. The zero-order valence-electron chi connectivity index (χ0n) is 19.5. The zero-order valence-corrected chi connectivity index (χ0v) is 19.5. The van der Waals surface area contributed by atoms with Crippen LogP contribution in [0.3, 0.4) is 0 Å². The number of nitrogens with one attached hydrogen (secondary N) is 4. The molecule has 2 aliphatic heterocycles. The Labute approximate surface area is 203 Å². The molecule has 0 aliphatic carbocycles. The van der Waals surface area contributed by atoms with E-state index in [1.807, 2.05) is 41.2 Å². The first-order chi connectivity index (χ1) is 17.0. The van der Waals surface area contributed by atoms with E-state index in [2.05, 4.69) is 33.3 Å². The van der Waals surface area contributed by atoms with Gasteiger partial charge in [-0.15, -0.1) is 5.53 Å². The van der Waals surface area contributed by atoms with Crippen LogP contribution in [-0.4, -0.2) is 46.4 Å². The van der Waals surface area contributed by atoms with Crippen molar-refractivity contribution in [3.05, 3.63) is 83.9 Å². The molecule has 0 bridgehead atoms. The van der Waals surface area contributed by atoms with Crippen LogP contribution in [-0.2, 0) is 0 Å². The molecule has 1 aromatic heterocycles. The minimum Gasteiger partial charge on any atom is -0.398 e. The van der Waals surface area contributed by atoms with Crippen LogP contribution in [0.25, 0.3) is 0 Å². The van der Waals surface area contributed by atoms with E-state index < -0.39 is 0 Å². The first-order valence-corrected chi connectivity index (χ1v) is 11.6. The number of carbonyl (C=O) groups is 1. The summed E-state index contributed by atoms with van der Waals surface area (Å²) in [4.78, 5) is 15.1. The maximum absolute atomic E-state index is 12.8. The summed E-state index contributed by atoms with van der Waals surface area (Å²) >= 11 is 0. The average molecular weight is 472 g/mol. The largest absolute Gasteiger partial charge is 0.398 e. The van der Waals surface area contributed by atoms with Gasteiger partial charge in [-0.3, -0.25) is 25.3 Å². The fourth-order valence-corrected chi connectivity index (χ4v) is 4.29. The standard InChI is InChI=1S/C25H29N9O/c1-32-12-10-20(11-13-32)33-15-18(14-28-33)29-25(35)17-6-8-19(9-7-17)34-16-23(30-31-34)24(27)21-4-2-3-5-22(21)26/h2-9,14-16,20,27,30-31H,10-13,26H2,1H3,(H,29,35). The number of aromatic nitrogens is 2. The van der Waals surface area contributed by atoms with Crippen molar-refractivity contribution in [1.29, 1.82) is 5.41 Å². The van der Waals surface area contributed by atoms with E-state index >= 15 is 0 Å². The number of nitrogens with two attached hydrogens (primary N) is 1. The monoisotopic (exact) mass is 471 g/mol. The van der Waals surface area contributed by atoms with Gasteiger partial charge in [0.15, 0.2) is 0 Å². The Morgan fingerprint density at radius 3 is 2.63 bits per heavy atom. The van der Waals surface area contributed by atoms with Crippen LogP contribution in [0.15, 0.2) is 72.8 Å². The van der Waals surface area contributed by atoms with E-state index in [0.29, 0.717) is 34.2 Å². The van der Waals surface area contributed by atoms with Crippen LogP contribution in [0.2, 0.25) is 0 Å². The summed E-state index contributed by atoms with van der Waals surface area (Å²) in [6, 6.07) is 14.9. The van der Waals surface area contributed by atoms with Gasteiger partial charge in [0.1, 0.15) is 0 Å². The van der Waals surface area contributed by atoms with Crippen molar-refractivity contribution in [2.75, 3.05) is 36.2 Å². The number of carbonyl (C=O) groups excluding carboxylic acids is 1. The number of benzene rings is 2. The summed E-state index contributed by atoms with van der Waals surface area (Å²) in [6.07, 6.45) is 7.50. The van der Waals surface area contributed by atoms with Crippen LogP contribution in [0.4, 0.5) is 17.1 Å². The Hall–Kier alpha value is -4.15. The predicted molar refractivity (Wildman–Crippen MR) is 137 cm³/mol. The van der Waals surface area contributed by atoms with Gasteiger partial charge in [-0.05, 0) is 63.3 Å². The first-order valence-electron chi connectivity index (χ1n) is 11.6. The van der Waals surface area contributed by atoms with Gasteiger partial charge in [0.05, 0.1) is 41.2 Å². The number of hydrogen-bond acceptors (Lipinski definition) is 8. The number of hydrazine groups is 2. The van der Waals surface area contributed by atoms with E-state index in [0.717, 1.165) is 31.6 Å². The van der Waals surface area contributed by atoms with Crippen LogP contribution in [0, 0.1) is 5.41 Å². The Kier molecular flexibility index (Phi) is 6.21. The summed E-state index contributed by atoms with van der Waals surface area (Å²) < 4.78 is 1.96. The molecule has 6 N–H and O–H groups in total. The molecule has 0 spiro atoms. The van der Waals surface area contributed by atoms with Gasteiger partial charge in [0.2, 0.25) is 0 Å². The fourth-order valence-electron chi connectivity index (χ4n) is 4.29. The molecule has 0 unspecified atom stereocenters. The summed E-state index contributed by atoms with van der Waals surface area (Å²) in [5.74, 6) is -0.190. The van der Waals surface area contributed by atoms with Crippen LogP contribution in [0.5, 0.6) is 0 Å². The molecular formula is C25H29N9O. The van der Waals surface area contributed by atoms with Gasteiger partial charge in [-0.1, -0.05) is 18.2 Å². The molecule has 0 atom stereocenters. The van der Waals surface area contributed by atoms with E-state index in [-0.39, 0.29) is 11.6 Å². The Morgan fingerprint density at radius 1 is 1.14 bits per heavy atom. The quantitative estimate of drug-likeness (QED) is 0.276. The van der Waals surface area contributed by atoms with Crippen molar-refractivity contribution < 1.29 is 4.79 Å². The number of amides is 1. The molecule has 0 saturated carbocycles. The molecule has 2 aliphatic rings. The van der Waals surface area contributed by atoms with Crippen molar-refractivity contribution in [2.24, 2.45) is 0 Å². The third-order valence-electron chi connectivity index (χ3n) is 6.40. The lowest BCUT2D eigenvalue weighted by Gasteiger charge is -2.28. The van der Waals surface area contributed by atoms with Gasteiger partial charge in [0, 0.05) is 23.0 Å². The highest BCUT2D eigenvalue weighted by Gasteiger charge is 2.21. The van der Waals surface area contributed by atoms with Gasteiger partial charge < -0.3 is 16.0 Å². The number of piperidine rings is 1. The maximum Gasteiger partial charge on any atom is 0.255 e.